The lowest BCUT2D eigenvalue weighted by Crippen LogP contribution is -2.50. The summed E-state index contributed by atoms with van der Waals surface area (Å²) in [4.78, 5) is 18.9. The van der Waals surface area contributed by atoms with Gasteiger partial charge in [-0.2, -0.15) is 0 Å². The first-order valence-electron chi connectivity index (χ1n) is 8.42. The highest BCUT2D eigenvalue weighted by atomic mass is 19.1. The van der Waals surface area contributed by atoms with Gasteiger partial charge in [0.25, 0.3) is 0 Å². The summed E-state index contributed by atoms with van der Waals surface area (Å²) in [5, 5.41) is 0. The van der Waals surface area contributed by atoms with Crippen molar-refractivity contribution in [1.82, 2.24) is 14.7 Å². The van der Waals surface area contributed by atoms with E-state index in [-0.39, 0.29) is 11.7 Å². The van der Waals surface area contributed by atoms with Crippen LogP contribution in [0.1, 0.15) is 18.4 Å². The van der Waals surface area contributed by atoms with Crippen LogP contribution in [0.5, 0.6) is 0 Å². The summed E-state index contributed by atoms with van der Waals surface area (Å²) in [6, 6.07) is 7.08. The molecule has 2 atom stereocenters. The molecule has 0 spiro atoms. The lowest BCUT2D eigenvalue weighted by molar-refractivity contribution is -0.135. The third-order valence-electron chi connectivity index (χ3n) is 4.88. The molecule has 126 valence electrons. The van der Waals surface area contributed by atoms with Crippen LogP contribution < -0.4 is 0 Å². The van der Waals surface area contributed by atoms with E-state index < -0.39 is 0 Å². The van der Waals surface area contributed by atoms with Gasteiger partial charge in [-0.15, -0.1) is 0 Å². The predicted molar refractivity (Wildman–Crippen MR) is 88.5 cm³/mol. The van der Waals surface area contributed by atoms with Gasteiger partial charge in [0.05, 0.1) is 6.54 Å². The number of carbonyl (C=O) groups is 1. The van der Waals surface area contributed by atoms with Crippen LogP contribution in [0.4, 0.5) is 4.39 Å². The van der Waals surface area contributed by atoms with Crippen molar-refractivity contribution in [3.63, 3.8) is 0 Å². The summed E-state index contributed by atoms with van der Waals surface area (Å²) in [5.74, 6) is 0.610. The minimum Gasteiger partial charge on any atom is -0.337 e. The van der Waals surface area contributed by atoms with Gasteiger partial charge in [0.1, 0.15) is 5.82 Å². The Morgan fingerprint density at radius 3 is 2.61 bits per heavy atom. The number of benzene rings is 1. The molecule has 0 unspecified atom stereocenters. The molecule has 0 radical (unpaired) electrons. The summed E-state index contributed by atoms with van der Waals surface area (Å²) in [5.41, 5.74) is 1.14. The Morgan fingerprint density at radius 2 is 1.91 bits per heavy atom. The first kappa shape index (κ1) is 16.4. The Bertz CT molecular complexity index is 546. The Hall–Kier alpha value is -1.46. The fourth-order valence-corrected chi connectivity index (χ4v) is 3.82. The SMILES string of the molecule is CN(C)CC(=O)N1C[C@H]2CC[C@@H]1CN(Cc1ccc(F)cc1)C2. The minimum absolute atomic E-state index is 0.190. The van der Waals surface area contributed by atoms with Crippen molar-refractivity contribution in [2.75, 3.05) is 40.3 Å². The predicted octanol–water partition coefficient (Wildman–Crippen LogP) is 1.81. The van der Waals surface area contributed by atoms with Crippen LogP contribution in [0, 0.1) is 11.7 Å². The third kappa shape index (κ3) is 4.09. The van der Waals surface area contributed by atoms with E-state index in [9.17, 15) is 9.18 Å². The zero-order chi connectivity index (χ0) is 16.4. The molecule has 3 aliphatic heterocycles. The number of hydrogen-bond acceptors (Lipinski definition) is 3. The molecule has 2 bridgehead atoms. The van der Waals surface area contributed by atoms with Crippen LogP contribution in [0.25, 0.3) is 0 Å². The van der Waals surface area contributed by atoms with Gasteiger partial charge < -0.3 is 9.80 Å². The van der Waals surface area contributed by atoms with Crippen molar-refractivity contribution in [2.24, 2.45) is 5.92 Å². The summed E-state index contributed by atoms with van der Waals surface area (Å²) in [6.07, 6.45) is 2.31. The first-order valence-corrected chi connectivity index (χ1v) is 8.42. The molecule has 23 heavy (non-hydrogen) atoms. The van der Waals surface area contributed by atoms with E-state index in [1.165, 1.54) is 18.6 Å². The maximum atomic E-state index is 13.0. The van der Waals surface area contributed by atoms with E-state index in [1.54, 1.807) is 0 Å². The number of hydrogen-bond donors (Lipinski definition) is 0. The second kappa shape index (κ2) is 6.97. The summed E-state index contributed by atoms with van der Waals surface area (Å²) in [7, 11) is 3.88. The molecule has 1 aromatic carbocycles. The normalized spacial score (nSPS) is 25.0. The maximum absolute atomic E-state index is 13.0. The van der Waals surface area contributed by atoms with Gasteiger partial charge in [-0.1, -0.05) is 12.1 Å². The molecule has 0 N–H and O–H groups in total. The van der Waals surface area contributed by atoms with Gasteiger partial charge in [0.15, 0.2) is 0 Å². The maximum Gasteiger partial charge on any atom is 0.237 e. The van der Waals surface area contributed by atoms with Gasteiger partial charge >= 0.3 is 0 Å². The van der Waals surface area contributed by atoms with Crippen LogP contribution in [0.2, 0.25) is 0 Å². The highest BCUT2D eigenvalue weighted by Gasteiger charge is 2.36. The van der Waals surface area contributed by atoms with Crippen LogP contribution in [-0.4, -0.2) is 66.9 Å². The number of halogens is 1. The van der Waals surface area contributed by atoms with E-state index in [1.807, 2.05) is 31.1 Å². The zero-order valence-corrected chi connectivity index (χ0v) is 14.0. The van der Waals surface area contributed by atoms with Crippen LogP contribution in [0.15, 0.2) is 24.3 Å². The highest BCUT2D eigenvalue weighted by molar-refractivity contribution is 5.78. The van der Waals surface area contributed by atoms with E-state index in [2.05, 4.69) is 9.80 Å². The molecule has 1 aromatic rings. The molecule has 3 heterocycles. The number of fused-ring (bicyclic) bond motifs is 4. The quantitative estimate of drug-likeness (QED) is 0.847. The topological polar surface area (TPSA) is 26.8 Å². The number of nitrogens with zero attached hydrogens (tertiary/aromatic N) is 3. The molecule has 5 heteroatoms. The monoisotopic (exact) mass is 319 g/mol. The highest BCUT2D eigenvalue weighted by Crippen LogP contribution is 2.29. The summed E-state index contributed by atoms with van der Waals surface area (Å²) >= 11 is 0. The van der Waals surface area contributed by atoms with E-state index in [0.29, 0.717) is 18.5 Å². The van der Waals surface area contributed by atoms with Gasteiger partial charge in [0, 0.05) is 32.2 Å². The smallest absolute Gasteiger partial charge is 0.237 e. The molecule has 0 aromatic heterocycles. The molecule has 3 fully saturated rings. The Balaban J connectivity index is 1.66. The summed E-state index contributed by atoms with van der Waals surface area (Å²) < 4.78 is 13.0. The van der Waals surface area contributed by atoms with Gasteiger partial charge in [0.2, 0.25) is 5.91 Å². The molecule has 0 saturated carbocycles. The number of rotatable bonds is 4. The molecular formula is C18H26FN3O. The van der Waals surface area contributed by atoms with E-state index in [0.717, 1.165) is 38.2 Å². The fraction of sp³-hybridized carbons (Fsp3) is 0.611. The van der Waals surface area contributed by atoms with Crippen LogP contribution in [-0.2, 0) is 11.3 Å². The molecule has 3 aliphatic rings. The lowest BCUT2D eigenvalue weighted by atomic mass is 9.95. The number of amides is 1. The first-order chi connectivity index (χ1) is 11.0. The largest absolute Gasteiger partial charge is 0.337 e. The Kier molecular flexibility index (Phi) is 4.97. The summed E-state index contributed by atoms with van der Waals surface area (Å²) in [6.45, 7) is 4.16. The minimum atomic E-state index is -0.190. The standard InChI is InChI=1S/C18H26FN3O/c1-20(2)13-18(23)22-11-15-5-8-17(22)12-21(10-15)9-14-3-6-16(19)7-4-14/h3-4,6-7,15,17H,5,8-13H2,1-2H3/t15-,17+/m0/s1. The Labute approximate surface area is 137 Å². The van der Waals surface area contributed by atoms with Crippen molar-refractivity contribution in [3.05, 3.63) is 35.6 Å². The number of carbonyl (C=O) groups excluding carboxylic acids is 1. The second-order valence-electron chi connectivity index (χ2n) is 7.20. The molecule has 4 nitrogen and oxygen atoms in total. The average Bonchev–Trinajstić information content (AvgIpc) is 2.79. The number of piperidine rings is 1. The molecule has 4 rings (SSSR count). The molecular weight excluding hydrogens is 293 g/mol. The lowest BCUT2D eigenvalue weighted by Gasteiger charge is -2.36. The van der Waals surface area contributed by atoms with Crippen molar-refractivity contribution >= 4 is 5.91 Å². The Morgan fingerprint density at radius 1 is 1.17 bits per heavy atom. The van der Waals surface area contributed by atoms with E-state index in [4.69, 9.17) is 0 Å². The van der Waals surface area contributed by atoms with Crippen LogP contribution in [0.3, 0.4) is 0 Å². The van der Waals surface area contributed by atoms with Crippen molar-refractivity contribution in [3.8, 4) is 0 Å². The van der Waals surface area contributed by atoms with Gasteiger partial charge in [-0.3, -0.25) is 9.69 Å². The molecule has 0 aliphatic carbocycles. The van der Waals surface area contributed by atoms with Crippen molar-refractivity contribution < 1.29 is 9.18 Å². The van der Waals surface area contributed by atoms with Crippen molar-refractivity contribution in [2.45, 2.75) is 25.4 Å². The fourth-order valence-electron chi connectivity index (χ4n) is 3.82. The van der Waals surface area contributed by atoms with E-state index >= 15 is 0 Å². The van der Waals surface area contributed by atoms with Crippen molar-refractivity contribution in [1.29, 1.82) is 0 Å². The third-order valence-corrected chi connectivity index (χ3v) is 4.88. The molecule has 1 amide bonds. The second-order valence-corrected chi connectivity index (χ2v) is 7.20. The van der Waals surface area contributed by atoms with Gasteiger partial charge in [-0.25, -0.2) is 4.39 Å². The van der Waals surface area contributed by atoms with Crippen LogP contribution >= 0.6 is 0 Å². The average molecular weight is 319 g/mol. The zero-order valence-electron chi connectivity index (χ0n) is 14.0. The molecule has 3 saturated heterocycles. The van der Waals surface area contributed by atoms with Gasteiger partial charge in [-0.05, 0) is 50.6 Å². The number of likely N-dealkylation sites (N-methyl/N-ethyl adjacent to an activating group) is 1.